The molecule has 1 aromatic heterocycles. The van der Waals surface area contributed by atoms with Crippen molar-refractivity contribution in [3.8, 4) is 0 Å². The molecule has 3 aromatic rings. The monoisotopic (exact) mass is 334 g/mol. The number of hydrazone groups is 1. The second-order valence-electron chi connectivity index (χ2n) is 5.97. The zero-order valence-corrected chi connectivity index (χ0v) is 14.0. The third-order valence-corrected chi connectivity index (χ3v) is 3.89. The van der Waals surface area contributed by atoms with Gasteiger partial charge in [-0.05, 0) is 23.1 Å². The summed E-state index contributed by atoms with van der Waals surface area (Å²) in [5.41, 5.74) is 4.36. The summed E-state index contributed by atoms with van der Waals surface area (Å²) in [5.74, 6) is -0.0206. The quantitative estimate of drug-likeness (QED) is 0.568. The minimum Gasteiger partial charge on any atom is -0.267 e. The van der Waals surface area contributed by atoms with Gasteiger partial charge in [-0.2, -0.15) is 10.2 Å². The summed E-state index contributed by atoms with van der Waals surface area (Å²) >= 11 is 0. The number of hydrogen-bond donors (Lipinski definition) is 2. The van der Waals surface area contributed by atoms with Crippen LogP contribution in [0.2, 0.25) is 0 Å². The predicted octanol–water partition coefficient (Wildman–Crippen LogP) is 2.81. The van der Waals surface area contributed by atoms with Gasteiger partial charge in [0.25, 0.3) is 11.5 Å². The molecule has 6 heteroatoms. The smallest absolute Gasteiger partial charge is 0.267 e. The summed E-state index contributed by atoms with van der Waals surface area (Å²) in [5, 5.41) is 11.0. The molecule has 0 saturated carbocycles. The van der Waals surface area contributed by atoms with Gasteiger partial charge in [0.05, 0.1) is 11.6 Å². The van der Waals surface area contributed by atoms with Gasteiger partial charge in [0, 0.05) is 5.39 Å². The van der Waals surface area contributed by atoms with Crippen LogP contribution >= 0.6 is 0 Å². The number of fused-ring (bicyclic) bond motifs is 1. The Kier molecular flexibility index (Phi) is 4.70. The number of aromatic amines is 1. The lowest BCUT2D eigenvalue weighted by Crippen LogP contribution is -2.22. The molecule has 0 saturated heterocycles. The minimum atomic E-state index is -0.484. The summed E-state index contributed by atoms with van der Waals surface area (Å²) in [4.78, 5) is 24.0. The van der Waals surface area contributed by atoms with Gasteiger partial charge in [-0.1, -0.05) is 56.3 Å². The topological polar surface area (TPSA) is 87.2 Å². The fourth-order valence-electron chi connectivity index (χ4n) is 2.47. The van der Waals surface area contributed by atoms with Gasteiger partial charge >= 0.3 is 0 Å². The average molecular weight is 334 g/mol. The zero-order valence-electron chi connectivity index (χ0n) is 14.0. The van der Waals surface area contributed by atoms with Crippen molar-refractivity contribution in [2.24, 2.45) is 5.10 Å². The van der Waals surface area contributed by atoms with Crippen molar-refractivity contribution in [1.82, 2.24) is 15.6 Å². The third-order valence-electron chi connectivity index (χ3n) is 3.89. The maximum Gasteiger partial charge on any atom is 0.292 e. The normalized spacial score (nSPS) is 11.3. The van der Waals surface area contributed by atoms with Crippen molar-refractivity contribution < 1.29 is 4.79 Å². The Balaban J connectivity index is 1.77. The molecule has 25 heavy (non-hydrogen) atoms. The van der Waals surface area contributed by atoms with E-state index in [1.165, 1.54) is 5.56 Å². The van der Waals surface area contributed by atoms with Crippen LogP contribution in [0.5, 0.6) is 0 Å². The largest absolute Gasteiger partial charge is 0.292 e. The van der Waals surface area contributed by atoms with Gasteiger partial charge in [0.15, 0.2) is 5.69 Å². The summed E-state index contributed by atoms with van der Waals surface area (Å²) in [6.45, 7) is 4.26. The van der Waals surface area contributed by atoms with E-state index in [9.17, 15) is 9.59 Å². The van der Waals surface area contributed by atoms with E-state index in [1.54, 1.807) is 30.5 Å². The lowest BCUT2D eigenvalue weighted by atomic mass is 10.0. The van der Waals surface area contributed by atoms with Crippen LogP contribution in [-0.4, -0.2) is 22.3 Å². The summed E-state index contributed by atoms with van der Waals surface area (Å²) < 4.78 is 0. The first kappa shape index (κ1) is 16.6. The minimum absolute atomic E-state index is 0.127. The van der Waals surface area contributed by atoms with Crippen molar-refractivity contribution in [2.75, 3.05) is 0 Å². The molecule has 2 aromatic carbocycles. The summed E-state index contributed by atoms with van der Waals surface area (Å²) in [7, 11) is 0. The Morgan fingerprint density at radius 3 is 2.48 bits per heavy atom. The highest BCUT2D eigenvalue weighted by atomic mass is 16.2. The van der Waals surface area contributed by atoms with E-state index in [1.807, 2.05) is 24.3 Å². The molecule has 0 aliphatic heterocycles. The zero-order chi connectivity index (χ0) is 17.8. The number of carbonyl (C=O) groups excluding carboxylic acids is 1. The van der Waals surface area contributed by atoms with E-state index in [2.05, 4.69) is 34.6 Å². The van der Waals surface area contributed by atoms with Crippen LogP contribution in [0.1, 0.15) is 41.4 Å². The van der Waals surface area contributed by atoms with E-state index in [4.69, 9.17) is 0 Å². The molecule has 0 spiro atoms. The molecule has 0 fully saturated rings. The van der Waals surface area contributed by atoms with Crippen molar-refractivity contribution in [1.29, 1.82) is 0 Å². The molecule has 0 radical (unpaired) electrons. The first-order chi connectivity index (χ1) is 12.1. The number of H-pyrrole nitrogens is 1. The van der Waals surface area contributed by atoms with E-state index < -0.39 is 5.91 Å². The molecule has 0 aliphatic rings. The number of aromatic nitrogens is 2. The number of benzene rings is 2. The van der Waals surface area contributed by atoms with Crippen molar-refractivity contribution in [3.05, 3.63) is 75.7 Å². The highest BCUT2D eigenvalue weighted by molar-refractivity contribution is 6.04. The molecule has 2 N–H and O–H groups in total. The number of nitrogens with one attached hydrogen (secondary N) is 2. The number of nitrogens with zero attached hydrogens (tertiary/aromatic N) is 2. The van der Waals surface area contributed by atoms with Gasteiger partial charge in [0.1, 0.15) is 0 Å². The molecule has 0 aliphatic carbocycles. The summed E-state index contributed by atoms with van der Waals surface area (Å²) in [6, 6.07) is 14.8. The molecule has 3 rings (SSSR count). The van der Waals surface area contributed by atoms with Crippen LogP contribution in [0.25, 0.3) is 10.8 Å². The van der Waals surface area contributed by atoms with E-state index in [0.29, 0.717) is 16.7 Å². The van der Waals surface area contributed by atoms with Crippen LogP contribution < -0.4 is 11.0 Å². The SMILES string of the molecule is CC(C)c1ccc(/C=N\NC(=O)c2n[nH]c(=O)c3ccccc23)cc1. The first-order valence-corrected chi connectivity index (χ1v) is 7.97. The highest BCUT2D eigenvalue weighted by Gasteiger charge is 2.13. The van der Waals surface area contributed by atoms with Gasteiger partial charge in [0.2, 0.25) is 0 Å². The van der Waals surface area contributed by atoms with Crippen molar-refractivity contribution in [2.45, 2.75) is 19.8 Å². The van der Waals surface area contributed by atoms with Crippen LogP contribution in [0, 0.1) is 0 Å². The Morgan fingerprint density at radius 2 is 1.80 bits per heavy atom. The number of carbonyl (C=O) groups is 1. The van der Waals surface area contributed by atoms with E-state index in [-0.39, 0.29) is 11.3 Å². The molecular formula is C19H18N4O2. The van der Waals surface area contributed by atoms with Gasteiger partial charge < -0.3 is 0 Å². The maximum absolute atomic E-state index is 12.3. The van der Waals surface area contributed by atoms with Gasteiger partial charge in [-0.25, -0.2) is 10.5 Å². The molecule has 0 unspecified atom stereocenters. The Morgan fingerprint density at radius 1 is 1.12 bits per heavy atom. The fourth-order valence-corrected chi connectivity index (χ4v) is 2.47. The number of rotatable bonds is 4. The predicted molar refractivity (Wildman–Crippen MR) is 98.0 cm³/mol. The fraction of sp³-hybridized carbons (Fsp3) is 0.158. The molecule has 1 amide bonds. The van der Waals surface area contributed by atoms with Gasteiger partial charge in [-0.15, -0.1) is 0 Å². The lowest BCUT2D eigenvalue weighted by Gasteiger charge is -2.05. The molecule has 126 valence electrons. The third kappa shape index (κ3) is 3.63. The maximum atomic E-state index is 12.3. The van der Waals surface area contributed by atoms with E-state index in [0.717, 1.165) is 5.56 Å². The first-order valence-electron chi connectivity index (χ1n) is 7.97. The highest BCUT2D eigenvalue weighted by Crippen LogP contribution is 2.14. The van der Waals surface area contributed by atoms with E-state index >= 15 is 0 Å². The molecule has 6 nitrogen and oxygen atoms in total. The molecule has 0 bridgehead atoms. The van der Waals surface area contributed by atoms with Crippen LogP contribution in [0.15, 0.2) is 58.4 Å². The second kappa shape index (κ2) is 7.09. The van der Waals surface area contributed by atoms with Crippen LogP contribution in [0.4, 0.5) is 0 Å². The Bertz CT molecular complexity index is 988. The molecular weight excluding hydrogens is 316 g/mol. The van der Waals surface area contributed by atoms with Gasteiger partial charge in [-0.3, -0.25) is 9.59 Å². The lowest BCUT2D eigenvalue weighted by molar-refractivity contribution is 0.0951. The second-order valence-corrected chi connectivity index (χ2v) is 5.97. The number of amides is 1. The molecule has 0 atom stereocenters. The Hall–Kier alpha value is -3.28. The average Bonchev–Trinajstić information content (AvgIpc) is 2.62. The van der Waals surface area contributed by atoms with Crippen molar-refractivity contribution in [3.63, 3.8) is 0 Å². The Labute approximate surface area is 144 Å². The summed E-state index contributed by atoms with van der Waals surface area (Å²) in [6.07, 6.45) is 1.57. The molecule has 1 heterocycles. The van der Waals surface area contributed by atoms with Crippen molar-refractivity contribution >= 4 is 22.9 Å². The van der Waals surface area contributed by atoms with Crippen LogP contribution in [-0.2, 0) is 0 Å². The number of hydrogen-bond acceptors (Lipinski definition) is 4. The van der Waals surface area contributed by atoms with Crippen LogP contribution in [0.3, 0.4) is 0 Å². The standard InChI is InChI=1S/C19H18N4O2/c1-12(2)14-9-7-13(8-10-14)11-20-22-19(25)17-15-5-3-4-6-16(15)18(24)23-21-17/h3-12H,1-2H3,(H,22,25)(H,23,24)/b20-11-.